The third-order valence-electron chi connectivity index (χ3n) is 5.87. The minimum atomic E-state index is -0.364. The zero-order valence-electron chi connectivity index (χ0n) is 15.8. The molecule has 3 aromatic heterocycles. The highest BCUT2D eigenvalue weighted by Crippen LogP contribution is 2.35. The molecule has 0 aromatic carbocycles. The summed E-state index contributed by atoms with van der Waals surface area (Å²) >= 11 is 0. The lowest BCUT2D eigenvalue weighted by Crippen LogP contribution is -2.49. The van der Waals surface area contributed by atoms with Crippen molar-refractivity contribution in [3.8, 4) is 11.1 Å². The van der Waals surface area contributed by atoms with Crippen LogP contribution in [0.4, 0.5) is 5.69 Å². The average Bonchev–Trinajstić information content (AvgIpc) is 3.32. The molecule has 0 radical (unpaired) electrons. The van der Waals surface area contributed by atoms with Gasteiger partial charge in [0.1, 0.15) is 5.65 Å². The minimum absolute atomic E-state index is 0.0711. The first-order valence-corrected chi connectivity index (χ1v) is 9.53. The first-order chi connectivity index (χ1) is 13.7. The topological polar surface area (TPSA) is 80.3 Å². The number of hydrogen-bond donors (Lipinski definition) is 1. The fourth-order valence-electron chi connectivity index (χ4n) is 4.11. The normalized spacial score (nSPS) is 18.6. The standard InChI is InChI=1S/C21H22N4O3/c1-27-21(3-6-28-7-4-21)13-25-18-9-16(11-23-17(18)10-19(25)26)15-8-14-2-5-22-20(14)24-12-15/h2,5,8-9,11-12H,3-4,6-7,10,13H2,1H3,(H,22,24). The molecule has 1 saturated heterocycles. The summed E-state index contributed by atoms with van der Waals surface area (Å²) in [4.78, 5) is 26.7. The van der Waals surface area contributed by atoms with Gasteiger partial charge in [-0.05, 0) is 18.2 Å². The molecule has 0 saturated carbocycles. The van der Waals surface area contributed by atoms with E-state index < -0.39 is 0 Å². The molecule has 0 atom stereocenters. The lowest BCUT2D eigenvalue weighted by molar-refractivity contribution is -0.120. The Morgan fingerprint density at radius 1 is 1.21 bits per heavy atom. The van der Waals surface area contributed by atoms with E-state index in [-0.39, 0.29) is 11.5 Å². The number of hydrogen-bond acceptors (Lipinski definition) is 5. The quantitative estimate of drug-likeness (QED) is 0.755. The number of carbonyl (C=O) groups excluding carboxylic acids is 1. The Morgan fingerprint density at radius 2 is 2.00 bits per heavy atom. The van der Waals surface area contributed by atoms with Gasteiger partial charge in [-0.2, -0.15) is 0 Å². The van der Waals surface area contributed by atoms with E-state index in [4.69, 9.17) is 9.47 Å². The van der Waals surface area contributed by atoms with E-state index in [0.717, 1.165) is 46.4 Å². The van der Waals surface area contributed by atoms with E-state index in [1.807, 2.05) is 35.6 Å². The van der Waals surface area contributed by atoms with Crippen LogP contribution in [-0.2, 0) is 20.7 Å². The maximum absolute atomic E-state index is 12.7. The van der Waals surface area contributed by atoms with E-state index in [0.29, 0.717) is 26.2 Å². The van der Waals surface area contributed by atoms with Crippen LogP contribution in [0.5, 0.6) is 0 Å². The predicted molar refractivity (Wildman–Crippen MR) is 105 cm³/mol. The number of anilines is 1. The molecule has 2 aliphatic heterocycles. The van der Waals surface area contributed by atoms with Gasteiger partial charge in [-0.15, -0.1) is 0 Å². The number of H-pyrrole nitrogens is 1. The number of aromatic nitrogens is 3. The van der Waals surface area contributed by atoms with Gasteiger partial charge < -0.3 is 19.4 Å². The van der Waals surface area contributed by atoms with E-state index in [2.05, 4.69) is 21.0 Å². The molecule has 2 aliphatic rings. The van der Waals surface area contributed by atoms with E-state index in [1.54, 1.807) is 7.11 Å². The van der Waals surface area contributed by atoms with Gasteiger partial charge in [0.25, 0.3) is 0 Å². The van der Waals surface area contributed by atoms with Gasteiger partial charge >= 0.3 is 0 Å². The maximum atomic E-state index is 12.7. The Bertz CT molecular complexity index is 1040. The van der Waals surface area contributed by atoms with Gasteiger partial charge in [0.15, 0.2) is 0 Å². The highest BCUT2D eigenvalue weighted by Gasteiger charge is 2.39. The second kappa shape index (κ2) is 6.68. The number of nitrogens with zero attached hydrogens (tertiary/aromatic N) is 3. The second-order valence-electron chi connectivity index (χ2n) is 7.49. The molecule has 0 unspecified atom stereocenters. The van der Waals surface area contributed by atoms with Crippen LogP contribution in [0.15, 0.2) is 36.8 Å². The van der Waals surface area contributed by atoms with Crippen molar-refractivity contribution in [2.45, 2.75) is 24.9 Å². The maximum Gasteiger partial charge on any atom is 0.233 e. The fourth-order valence-corrected chi connectivity index (χ4v) is 4.11. The van der Waals surface area contributed by atoms with Crippen LogP contribution in [-0.4, -0.2) is 53.3 Å². The fraction of sp³-hybridized carbons (Fsp3) is 0.381. The van der Waals surface area contributed by atoms with Gasteiger partial charge in [-0.3, -0.25) is 9.78 Å². The third kappa shape index (κ3) is 2.87. The highest BCUT2D eigenvalue weighted by atomic mass is 16.5. The van der Waals surface area contributed by atoms with E-state index in [1.165, 1.54) is 0 Å². The van der Waals surface area contributed by atoms with Crippen molar-refractivity contribution in [3.05, 3.63) is 42.5 Å². The summed E-state index contributed by atoms with van der Waals surface area (Å²) in [6.45, 7) is 1.84. The molecule has 28 heavy (non-hydrogen) atoms. The second-order valence-corrected chi connectivity index (χ2v) is 7.49. The van der Waals surface area contributed by atoms with Crippen molar-refractivity contribution in [1.29, 1.82) is 0 Å². The summed E-state index contributed by atoms with van der Waals surface area (Å²) < 4.78 is 11.3. The van der Waals surface area contributed by atoms with Crippen LogP contribution in [0.25, 0.3) is 22.2 Å². The first-order valence-electron chi connectivity index (χ1n) is 9.53. The first kappa shape index (κ1) is 17.3. The molecule has 5 heterocycles. The number of rotatable bonds is 4. The van der Waals surface area contributed by atoms with Crippen molar-refractivity contribution in [2.24, 2.45) is 0 Å². The van der Waals surface area contributed by atoms with E-state index in [9.17, 15) is 4.79 Å². The average molecular weight is 378 g/mol. The predicted octanol–water partition coefficient (Wildman–Crippen LogP) is 2.71. The Morgan fingerprint density at radius 3 is 2.82 bits per heavy atom. The number of pyridine rings is 2. The summed E-state index contributed by atoms with van der Waals surface area (Å²) in [6.07, 6.45) is 7.43. The molecule has 7 heteroatoms. The molecular weight excluding hydrogens is 356 g/mol. The number of methoxy groups -OCH3 is 1. The summed E-state index contributed by atoms with van der Waals surface area (Å²) in [5.74, 6) is 0.0711. The van der Waals surface area contributed by atoms with Gasteiger partial charge in [0.2, 0.25) is 5.91 Å². The van der Waals surface area contributed by atoms with Crippen molar-refractivity contribution in [1.82, 2.24) is 15.0 Å². The van der Waals surface area contributed by atoms with Crippen LogP contribution in [0.3, 0.4) is 0 Å². The smallest absolute Gasteiger partial charge is 0.233 e. The Hall–Kier alpha value is -2.77. The lowest BCUT2D eigenvalue weighted by Gasteiger charge is -2.38. The molecule has 1 amide bonds. The van der Waals surface area contributed by atoms with Crippen molar-refractivity contribution in [2.75, 3.05) is 31.8 Å². The van der Waals surface area contributed by atoms with Gasteiger partial charge in [0, 0.05) is 68.3 Å². The van der Waals surface area contributed by atoms with Crippen LogP contribution in [0.2, 0.25) is 0 Å². The Labute approximate surface area is 162 Å². The molecule has 1 fully saturated rings. The zero-order chi connectivity index (χ0) is 19.1. The highest BCUT2D eigenvalue weighted by molar-refractivity contribution is 6.01. The molecule has 0 bridgehead atoms. The summed E-state index contributed by atoms with van der Waals surface area (Å²) in [5, 5.41) is 1.05. The Balaban J connectivity index is 1.50. The Kier molecular flexibility index (Phi) is 4.14. The van der Waals surface area contributed by atoms with Crippen LogP contribution in [0, 0.1) is 0 Å². The summed E-state index contributed by atoms with van der Waals surface area (Å²) in [6, 6.07) is 6.12. The molecule has 1 N–H and O–H groups in total. The van der Waals surface area contributed by atoms with Crippen LogP contribution in [0.1, 0.15) is 18.5 Å². The number of nitrogens with one attached hydrogen (secondary N) is 1. The zero-order valence-corrected chi connectivity index (χ0v) is 15.8. The van der Waals surface area contributed by atoms with Crippen molar-refractivity contribution >= 4 is 22.6 Å². The molecule has 7 nitrogen and oxygen atoms in total. The molecule has 5 rings (SSSR count). The van der Waals surface area contributed by atoms with Crippen molar-refractivity contribution in [3.63, 3.8) is 0 Å². The summed E-state index contributed by atoms with van der Waals surface area (Å²) in [5.41, 5.74) is 4.12. The molecule has 3 aromatic rings. The molecule has 0 spiro atoms. The lowest BCUT2D eigenvalue weighted by atomic mass is 9.93. The van der Waals surface area contributed by atoms with Gasteiger partial charge in [0.05, 0.1) is 29.9 Å². The number of fused-ring (bicyclic) bond motifs is 2. The van der Waals surface area contributed by atoms with Crippen molar-refractivity contribution < 1.29 is 14.3 Å². The van der Waals surface area contributed by atoms with Crippen LogP contribution >= 0.6 is 0 Å². The largest absolute Gasteiger partial charge is 0.381 e. The molecular formula is C21H22N4O3. The van der Waals surface area contributed by atoms with Gasteiger partial charge in [-0.1, -0.05) is 0 Å². The minimum Gasteiger partial charge on any atom is -0.381 e. The molecule has 144 valence electrons. The van der Waals surface area contributed by atoms with Crippen LogP contribution < -0.4 is 4.90 Å². The number of aromatic amines is 1. The number of amides is 1. The summed E-state index contributed by atoms with van der Waals surface area (Å²) in [7, 11) is 1.72. The molecule has 0 aliphatic carbocycles. The van der Waals surface area contributed by atoms with Gasteiger partial charge in [-0.25, -0.2) is 4.98 Å². The monoisotopic (exact) mass is 378 g/mol. The number of ether oxygens (including phenoxy) is 2. The SMILES string of the molecule is COC1(CN2C(=O)Cc3ncc(-c4cnc5[nH]ccc5c4)cc32)CCOCC1. The van der Waals surface area contributed by atoms with E-state index >= 15 is 0 Å². The number of carbonyl (C=O) groups is 1. The third-order valence-corrected chi connectivity index (χ3v) is 5.87.